The van der Waals surface area contributed by atoms with E-state index < -0.39 is 0 Å². The molecule has 1 aliphatic heterocycles. The molecule has 30 heavy (non-hydrogen) atoms. The molecule has 1 amide bonds. The SMILES string of the molecule is Cc1ccc(C(=O)N2C/C(=C/c3ccccc3)C(=O)/C(=C/c3ccccc3)C2)cc1. The van der Waals surface area contributed by atoms with Gasteiger partial charge in [-0.2, -0.15) is 0 Å². The van der Waals surface area contributed by atoms with Crippen molar-refractivity contribution < 1.29 is 9.59 Å². The number of amides is 1. The van der Waals surface area contributed by atoms with E-state index in [1.165, 1.54) is 0 Å². The predicted octanol–water partition coefficient (Wildman–Crippen LogP) is 5.19. The molecule has 0 bridgehead atoms. The largest absolute Gasteiger partial charge is 0.330 e. The number of likely N-dealkylation sites (tertiary alicyclic amines) is 1. The highest BCUT2D eigenvalue weighted by molar-refractivity contribution is 6.15. The molecular weight excluding hydrogens is 370 g/mol. The van der Waals surface area contributed by atoms with E-state index >= 15 is 0 Å². The summed E-state index contributed by atoms with van der Waals surface area (Å²) in [5.41, 5.74) is 4.88. The number of ketones is 1. The van der Waals surface area contributed by atoms with Crippen LogP contribution >= 0.6 is 0 Å². The van der Waals surface area contributed by atoms with Gasteiger partial charge in [-0.3, -0.25) is 9.59 Å². The van der Waals surface area contributed by atoms with E-state index in [0.29, 0.717) is 29.8 Å². The Kier molecular flexibility index (Phi) is 5.71. The van der Waals surface area contributed by atoms with E-state index in [2.05, 4.69) is 0 Å². The van der Waals surface area contributed by atoms with Crippen LogP contribution in [0.2, 0.25) is 0 Å². The van der Waals surface area contributed by atoms with E-state index in [9.17, 15) is 9.59 Å². The molecule has 1 aliphatic rings. The molecule has 1 fully saturated rings. The van der Waals surface area contributed by atoms with Crippen LogP contribution in [-0.4, -0.2) is 29.7 Å². The Morgan fingerprint density at radius 1 is 0.733 bits per heavy atom. The molecule has 1 heterocycles. The number of Topliss-reactive ketones (excluding diaryl/α,β-unsaturated/α-hetero) is 1. The Bertz CT molecular complexity index is 1050. The summed E-state index contributed by atoms with van der Waals surface area (Å²) in [4.78, 5) is 28.1. The van der Waals surface area contributed by atoms with Crippen molar-refractivity contribution in [1.29, 1.82) is 0 Å². The maximum atomic E-state index is 13.2. The third kappa shape index (κ3) is 4.47. The molecule has 4 rings (SSSR count). The molecule has 3 aromatic rings. The maximum Gasteiger partial charge on any atom is 0.254 e. The van der Waals surface area contributed by atoms with Gasteiger partial charge in [0, 0.05) is 16.7 Å². The molecule has 148 valence electrons. The average molecular weight is 393 g/mol. The van der Waals surface area contributed by atoms with Crippen molar-refractivity contribution in [3.63, 3.8) is 0 Å². The number of carbonyl (C=O) groups excluding carboxylic acids is 2. The van der Waals surface area contributed by atoms with E-state index in [0.717, 1.165) is 16.7 Å². The zero-order chi connectivity index (χ0) is 20.9. The molecule has 0 aromatic heterocycles. The highest BCUT2D eigenvalue weighted by atomic mass is 16.2. The number of hydrogen-bond donors (Lipinski definition) is 0. The van der Waals surface area contributed by atoms with Crippen LogP contribution in [0.3, 0.4) is 0 Å². The summed E-state index contributed by atoms with van der Waals surface area (Å²) in [6, 6.07) is 27.0. The van der Waals surface area contributed by atoms with Gasteiger partial charge >= 0.3 is 0 Å². The number of benzene rings is 3. The number of aryl methyl sites for hydroxylation is 1. The molecule has 3 aromatic carbocycles. The van der Waals surface area contributed by atoms with Crippen LogP contribution < -0.4 is 0 Å². The minimum atomic E-state index is -0.0691. The van der Waals surface area contributed by atoms with Gasteiger partial charge < -0.3 is 4.90 Å². The van der Waals surface area contributed by atoms with Crippen molar-refractivity contribution in [3.05, 3.63) is 118 Å². The molecule has 0 spiro atoms. The lowest BCUT2D eigenvalue weighted by molar-refractivity contribution is -0.113. The molecule has 3 heteroatoms. The van der Waals surface area contributed by atoms with Crippen LogP contribution in [0.25, 0.3) is 12.2 Å². The predicted molar refractivity (Wildman–Crippen MR) is 121 cm³/mol. The Morgan fingerprint density at radius 3 is 1.67 bits per heavy atom. The lowest BCUT2D eigenvalue weighted by atomic mass is 9.93. The second-order valence-corrected chi connectivity index (χ2v) is 7.52. The molecule has 1 saturated heterocycles. The summed E-state index contributed by atoms with van der Waals surface area (Å²) in [5.74, 6) is -0.0731. The summed E-state index contributed by atoms with van der Waals surface area (Å²) >= 11 is 0. The fourth-order valence-electron chi connectivity index (χ4n) is 3.56. The molecule has 0 unspecified atom stereocenters. The number of piperidine rings is 1. The van der Waals surface area contributed by atoms with Crippen molar-refractivity contribution in [2.45, 2.75) is 6.92 Å². The molecule has 0 N–H and O–H groups in total. The van der Waals surface area contributed by atoms with Gasteiger partial charge in [-0.05, 0) is 42.3 Å². The quantitative estimate of drug-likeness (QED) is 0.575. The molecule has 3 nitrogen and oxygen atoms in total. The second kappa shape index (κ2) is 8.75. The van der Waals surface area contributed by atoms with Gasteiger partial charge in [0.15, 0.2) is 5.78 Å². The maximum absolute atomic E-state index is 13.2. The first-order chi connectivity index (χ1) is 14.6. The zero-order valence-electron chi connectivity index (χ0n) is 16.9. The monoisotopic (exact) mass is 393 g/mol. The summed E-state index contributed by atoms with van der Waals surface area (Å²) in [6.45, 7) is 2.59. The van der Waals surface area contributed by atoms with E-state index in [1.54, 1.807) is 4.90 Å². The van der Waals surface area contributed by atoms with Crippen molar-refractivity contribution >= 4 is 23.8 Å². The highest BCUT2D eigenvalue weighted by Gasteiger charge is 2.29. The first-order valence-corrected chi connectivity index (χ1v) is 10.0. The Labute approximate surface area is 177 Å². The third-order valence-electron chi connectivity index (χ3n) is 5.17. The highest BCUT2D eigenvalue weighted by Crippen LogP contribution is 2.23. The minimum absolute atomic E-state index is 0.00402. The number of nitrogens with zero attached hydrogens (tertiary/aromatic N) is 1. The Balaban J connectivity index is 1.71. The van der Waals surface area contributed by atoms with Crippen LogP contribution in [0.1, 0.15) is 27.0 Å². The van der Waals surface area contributed by atoms with Crippen LogP contribution in [-0.2, 0) is 4.79 Å². The van der Waals surface area contributed by atoms with E-state index in [1.807, 2.05) is 104 Å². The van der Waals surface area contributed by atoms with Crippen molar-refractivity contribution in [3.8, 4) is 0 Å². The summed E-state index contributed by atoms with van der Waals surface area (Å²) in [6.07, 6.45) is 3.77. The van der Waals surface area contributed by atoms with Crippen LogP contribution in [0.5, 0.6) is 0 Å². The minimum Gasteiger partial charge on any atom is -0.330 e. The van der Waals surface area contributed by atoms with Crippen molar-refractivity contribution in [2.75, 3.05) is 13.1 Å². The van der Waals surface area contributed by atoms with Gasteiger partial charge in [0.1, 0.15) is 0 Å². The lowest BCUT2D eigenvalue weighted by Crippen LogP contribution is -2.41. The van der Waals surface area contributed by atoms with Crippen molar-refractivity contribution in [2.24, 2.45) is 0 Å². The van der Waals surface area contributed by atoms with Gasteiger partial charge in [-0.25, -0.2) is 0 Å². The number of hydrogen-bond acceptors (Lipinski definition) is 2. The molecular formula is C27H23NO2. The first-order valence-electron chi connectivity index (χ1n) is 10.0. The van der Waals surface area contributed by atoms with Gasteiger partial charge in [0.25, 0.3) is 5.91 Å². The second-order valence-electron chi connectivity index (χ2n) is 7.52. The average Bonchev–Trinajstić information content (AvgIpc) is 2.78. The van der Waals surface area contributed by atoms with Crippen LogP contribution in [0, 0.1) is 6.92 Å². The number of rotatable bonds is 3. The summed E-state index contributed by atoms with van der Waals surface area (Å²) in [5, 5.41) is 0. The van der Waals surface area contributed by atoms with Crippen LogP contribution in [0.4, 0.5) is 0 Å². The standard InChI is InChI=1S/C27H23NO2/c1-20-12-14-23(15-13-20)27(30)28-18-24(16-21-8-4-2-5-9-21)26(29)25(19-28)17-22-10-6-3-7-11-22/h2-17H,18-19H2,1H3/b24-16-,25-17+. The first kappa shape index (κ1) is 19.6. The lowest BCUT2D eigenvalue weighted by Gasteiger charge is -2.30. The van der Waals surface area contributed by atoms with Gasteiger partial charge in [0.05, 0.1) is 13.1 Å². The Morgan fingerprint density at radius 2 is 1.20 bits per heavy atom. The third-order valence-corrected chi connectivity index (χ3v) is 5.17. The zero-order valence-corrected chi connectivity index (χ0v) is 16.9. The fourth-order valence-corrected chi connectivity index (χ4v) is 3.56. The van der Waals surface area contributed by atoms with E-state index in [4.69, 9.17) is 0 Å². The Hall–Kier alpha value is -3.72. The molecule has 0 radical (unpaired) electrons. The summed E-state index contributed by atoms with van der Waals surface area (Å²) < 4.78 is 0. The van der Waals surface area contributed by atoms with Gasteiger partial charge in [0.2, 0.25) is 0 Å². The topological polar surface area (TPSA) is 37.4 Å². The molecule has 0 atom stereocenters. The van der Waals surface area contributed by atoms with Gasteiger partial charge in [-0.15, -0.1) is 0 Å². The van der Waals surface area contributed by atoms with Gasteiger partial charge in [-0.1, -0.05) is 78.4 Å². The van der Waals surface area contributed by atoms with Crippen LogP contribution in [0.15, 0.2) is 96.1 Å². The van der Waals surface area contributed by atoms with Crippen molar-refractivity contribution in [1.82, 2.24) is 4.90 Å². The molecule has 0 aliphatic carbocycles. The van der Waals surface area contributed by atoms with E-state index in [-0.39, 0.29) is 11.7 Å². The smallest absolute Gasteiger partial charge is 0.254 e. The normalized spacial score (nSPS) is 16.8. The molecule has 0 saturated carbocycles. The fraction of sp³-hybridized carbons (Fsp3) is 0.111. The summed E-state index contributed by atoms with van der Waals surface area (Å²) in [7, 11) is 0. The number of carbonyl (C=O) groups is 2.